The van der Waals surface area contributed by atoms with Gasteiger partial charge in [0.1, 0.15) is 0 Å². The van der Waals surface area contributed by atoms with Crippen molar-refractivity contribution in [2.75, 3.05) is 13.2 Å². The van der Waals surface area contributed by atoms with Crippen molar-refractivity contribution >= 4 is 0 Å². The molecule has 0 atom stereocenters. The highest BCUT2D eigenvalue weighted by molar-refractivity contribution is 4.91. The average Bonchev–Trinajstić information content (AvgIpc) is 2.35. The molecule has 0 aromatic carbocycles. The standard InChI is InChI=1S/C10H19NO/c1-9(2)7-12-8-10(11)5-3-4-6-10/h1,3-8,11H2,2H3. The number of hydrogen-bond donors (Lipinski definition) is 1. The summed E-state index contributed by atoms with van der Waals surface area (Å²) in [5.74, 6) is 0. The first-order valence-electron chi connectivity index (χ1n) is 4.63. The second-order valence-corrected chi connectivity index (χ2v) is 4.02. The third kappa shape index (κ3) is 2.95. The second kappa shape index (κ2) is 4.06. The van der Waals surface area contributed by atoms with Crippen molar-refractivity contribution in [2.24, 2.45) is 5.73 Å². The molecule has 0 amide bonds. The molecule has 0 radical (unpaired) electrons. The van der Waals surface area contributed by atoms with Gasteiger partial charge in [-0.2, -0.15) is 0 Å². The Balaban J connectivity index is 2.17. The largest absolute Gasteiger partial charge is 0.375 e. The Kier molecular flexibility index (Phi) is 3.29. The average molecular weight is 169 g/mol. The van der Waals surface area contributed by atoms with Crippen LogP contribution in [0, 0.1) is 0 Å². The van der Waals surface area contributed by atoms with Crippen molar-refractivity contribution in [3.05, 3.63) is 12.2 Å². The first kappa shape index (κ1) is 9.75. The van der Waals surface area contributed by atoms with E-state index in [0.717, 1.165) is 18.4 Å². The van der Waals surface area contributed by atoms with Crippen LogP contribution in [-0.4, -0.2) is 18.8 Å². The fourth-order valence-electron chi connectivity index (χ4n) is 1.65. The predicted octanol–water partition coefficient (Wildman–Crippen LogP) is 1.85. The Bertz CT molecular complexity index is 159. The van der Waals surface area contributed by atoms with E-state index in [4.69, 9.17) is 10.5 Å². The topological polar surface area (TPSA) is 35.2 Å². The minimum absolute atomic E-state index is 0.0323. The lowest BCUT2D eigenvalue weighted by Gasteiger charge is -2.23. The van der Waals surface area contributed by atoms with Crippen LogP contribution < -0.4 is 5.73 Å². The zero-order valence-electron chi connectivity index (χ0n) is 7.94. The molecule has 12 heavy (non-hydrogen) atoms. The van der Waals surface area contributed by atoms with Crippen LogP contribution in [0.15, 0.2) is 12.2 Å². The van der Waals surface area contributed by atoms with Crippen molar-refractivity contribution in [3.63, 3.8) is 0 Å². The summed E-state index contributed by atoms with van der Waals surface area (Å²) in [5, 5.41) is 0. The maximum atomic E-state index is 6.09. The van der Waals surface area contributed by atoms with Crippen molar-refractivity contribution in [1.29, 1.82) is 0 Å². The Morgan fingerprint density at radius 1 is 1.50 bits per heavy atom. The van der Waals surface area contributed by atoms with Crippen LogP contribution in [0.1, 0.15) is 32.6 Å². The molecule has 2 heteroatoms. The molecule has 2 nitrogen and oxygen atoms in total. The minimum atomic E-state index is -0.0323. The maximum absolute atomic E-state index is 6.09. The van der Waals surface area contributed by atoms with Gasteiger partial charge in [-0.1, -0.05) is 25.0 Å². The molecule has 0 heterocycles. The highest BCUT2D eigenvalue weighted by Gasteiger charge is 2.29. The zero-order valence-corrected chi connectivity index (χ0v) is 7.94. The van der Waals surface area contributed by atoms with Gasteiger partial charge in [-0.15, -0.1) is 0 Å². The van der Waals surface area contributed by atoms with E-state index >= 15 is 0 Å². The Labute approximate surface area is 74.8 Å². The van der Waals surface area contributed by atoms with Crippen LogP contribution in [-0.2, 0) is 4.74 Å². The van der Waals surface area contributed by atoms with E-state index < -0.39 is 0 Å². The van der Waals surface area contributed by atoms with Gasteiger partial charge >= 0.3 is 0 Å². The van der Waals surface area contributed by atoms with Crippen LogP contribution in [0.3, 0.4) is 0 Å². The minimum Gasteiger partial charge on any atom is -0.375 e. The van der Waals surface area contributed by atoms with Crippen molar-refractivity contribution < 1.29 is 4.74 Å². The lowest BCUT2D eigenvalue weighted by Crippen LogP contribution is -2.41. The summed E-state index contributed by atoms with van der Waals surface area (Å²) < 4.78 is 5.46. The van der Waals surface area contributed by atoms with Crippen molar-refractivity contribution in [3.8, 4) is 0 Å². The summed E-state index contributed by atoms with van der Waals surface area (Å²) in [5.41, 5.74) is 7.12. The number of nitrogens with two attached hydrogens (primary N) is 1. The lowest BCUT2D eigenvalue weighted by molar-refractivity contribution is 0.104. The first-order valence-corrected chi connectivity index (χ1v) is 4.63. The Morgan fingerprint density at radius 2 is 2.08 bits per heavy atom. The molecule has 0 aliphatic heterocycles. The third-order valence-corrected chi connectivity index (χ3v) is 2.34. The van der Waals surface area contributed by atoms with E-state index in [9.17, 15) is 0 Å². The van der Waals surface area contributed by atoms with Crippen molar-refractivity contribution in [1.82, 2.24) is 0 Å². The van der Waals surface area contributed by atoms with Crippen molar-refractivity contribution in [2.45, 2.75) is 38.1 Å². The van der Waals surface area contributed by atoms with Crippen LogP contribution in [0.25, 0.3) is 0 Å². The molecule has 1 aliphatic carbocycles. The fraction of sp³-hybridized carbons (Fsp3) is 0.800. The van der Waals surface area contributed by atoms with E-state index in [1.165, 1.54) is 12.8 Å². The summed E-state index contributed by atoms with van der Waals surface area (Å²) in [4.78, 5) is 0. The van der Waals surface area contributed by atoms with Gasteiger partial charge in [0.05, 0.1) is 13.2 Å². The molecule has 0 unspecified atom stereocenters. The Morgan fingerprint density at radius 3 is 2.58 bits per heavy atom. The van der Waals surface area contributed by atoms with Gasteiger partial charge < -0.3 is 10.5 Å². The van der Waals surface area contributed by atoms with Crippen LogP contribution >= 0.6 is 0 Å². The van der Waals surface area contributed by atoms with Crippen LogP contribution in [0.5, 0.6) is 0 Å². The molecule has 1 saturated carbocycles. The molecule has 0 aromatic rings. The van der Waals surface area contributed by atoms with Gasteiger partial charge in [-0.05, 0) is 19.8 Å². The smallest absolute Gasteiger partial charge is 0.0672 e. The monoisotopic (exact) mass is 169 g/mol. The van der Waals surface area contributed by atoms with E-state index in [-0.39, 0.29) is 5.54 Å². The van der Waals surface area contributed by atoms with E-state index in [1.807, 2.05) is 6.92 Å². The predicted molar refractivity (Wildman–Crippen MR) is 51.0 cm³/mol. The van der Waals surface area contributed by atoms with Crippen LogP contribution in [0.2, 0.25) is 0 Å². The molecule has 0 spiro atoms. The number of hydrogen-bond acceptors (Lipinski definition) is 2. The lowest BCUT2D eigenvalue weighted by atomic mass is 10.0. The summed E-state index contributed by atoms with van der Waals surface area (Å²) in [6.45, 7) is 7.09. The van der Waals surface area contributed by atoms with Gasteiger partial charge in [-0.25, -0.2) is 0 Å². The highest BCUT2D eigenvalue weighted by atomic mass is 16.5. The van der Waals surface area contributed by atoms with E-state index in [2.05, 4.69) is 6.58 Å². The summed E-state index contributed by atoms with van der Waals surface area (Å²) in [6, 6.07) is 0. The van der Waals surface area contributed by atoms with E-state index in [0.29, 0.717) is 13.2 Å². The molecular formula is C10H19NO. The summed E-state index contributed by atoms with van der Waals surface area (Å²) in [6.07, 6.45) is 4.74. The van der Waals surface area contributed by atoms with Crippen LogP contribution in [0.4, 0.5) is 0 Å². The number of rotatable bonds is 4. The normalized spacial score (nSPS) is 21.2. The SMILES string of the molecule is C=C(C)COCC1(N)CCCC1. The van der Waals surface area contributed by atoms with Gasteiger partial charge in [0, 0.05) is 5.54 Å². The molecule has 70 valence electrons. The van der Waals surface area contributed by atoms with E-state index in [1.54, 1.807) is 0 Å². The van der Waals surface area contributed by atoms with Gasteiger partial charge in [0.25, 0.3) is 0 Å². The summed E-state index contributed by atoms with van der Waals surface area (Å²) in [7, 11) is 0. The zero-order chi connectivity index (χ0) is 9.03. The third-order valence-electron chi connectivity index (χ3n) is 2.34. The quantitative estimate of drug-likeness (QED) is 0.652. The molecule has 0 bridgehead atoms. The Hall–Kier alpha value is -0.340. The van der Waals surface area contributed by atoms with Gasteiger partial charge in [0.2, 0.25) is 0 Å². The second-order valence-electron chi connectivity index (χ2n) is 4.02. The molecular weight excluding hydrogens is 150 g/mol. The number of ether oxygens (including phenoxy) is 1. The highest BCUT2D eigenvalue weighted by Crippen LogP contribution is 2.27. The maximum Gasteiger partial charge on any atom is 0.0672 e. The molecule has 1 rings (SSSR count). The summed E-state index contributed by atoms with van der Waals surface area (Å²) >= 11 is 0. The molecule has 1 fully saturated rings. The molecule has 0 saturated heterocycles. The molecule has 1 aliphatic rings. The van der Waals surface area contributed by atoms with Gasteiger partial charge in [-0.3, -0.25) is 0 Å². The first-order chi connectivity index (χ1) is 5.62. The molecule has 2 N–H and O–H groups in total. The fourth-order valence-corrected chi connectivity index (χ4v) is 1.65. The molecule has 0 aromatic heterocycles. The van der Waals surface area contributed by atoms with Gasteiger partial charge in [0.15, 0.2) is 0 Å².